The predicted octanol–water partition coefficient (Wildman–Crippen LogP) is 3.28. The van der Waals surface area contributed by atoms with E-state index in [0.717, 1.165) is 18.9 Å². The molecule has 4 nitrogen and oxygen atoms in total. The van der Waals surface area contributed by atoms with Crippen LogP contribution in [0.1, 0.15) is 31.7 Å². The van der Waals surface area contributed by atoms with Gasteiger partial charge in [0.25, 0.3) is 5.69 Å². The molecular formula is C14H16FNO3. The van der Waals surface area contributed by atoms with Crippen LogP contribution in [0.2, 0.25) is 0 Å². The lowest BCUT2D eigenvalue weighted by Gasteiger charge is -2.25. The number of carbonyl (C=O) groups is 1. The lowest BCUT2D eigenvalue weighted by molar-refractivity contribution is -0.385. The molecule has 1 saturated carbocycles. The molecule has 0 N–H and O–H groups in total. The molecule has 5 heteroatoms. The van der Waals surface area contributed by atoms with E-state index in [1.54, 1.807) is 0 Å². The number of hydrogen-bond acceptors (Lipinski definition) is 3. The van der Waals surface area contributed by atoms with Gasteiger partial charge in [0.15, 0.2) is 0 Å². The first-order valence-electron chi connectivity index (χ1n) is 6.43. The number of halogens is 1. The molecule has 0 heterocycles. The summed E-state index contributed by atoms with van der Waals surface area (Å²) in [5, 5.41) is 10.9. The van der Waals surface area contributed by atoms with Crippen LogP contribution in [0.15, 0.2) is 18.2 Å². The molecule has 0 saturated heterocycles. The number of benzene rings is 1. The fraction of sp³-hybridized carbons (Fsp3) is 0.500. The number of Topliss-reactive ketones (excluding diaryl/α,β-unsaturated/α-hetero) is 1. The van der Waals surface area contributed by atoms with Crippen LogP contribution in [0.3, 0.4) is 0 Å². The van der Waals surface area contributed by atoms with Gasteiger partial charge in [-0.2, -0.15) is 0 Å². The molecule has 2 atom stereocenters. The largest absolute Gasteiger partial charge is 0.299 e. The molecule has 2 rings (SSSR count). The van der Waals surface area contributed by atoms with E-state index < -0.39 is 10.7 Å². The van der Waals surface area contributed by atoms with E-state index in [9.17, 15) is 19.3 Å². The lowest BCUT2D eigenvalue weighted by Crippen LogP contribution is -2.25. The van der Waals surface area contributed by atoms with Crippen LogP contribution in [0.5, 0.6) is 0 Å². The predicted molar refractivity (Wildman–Crippen MR) is 68.3 cm³/mol. The second-order valence-electron chi connectivity index (χ2n) is 5.28. The van der Waals surface area contributed by atoms with Crippen molar-refractivity contribution >= 4 is 11.5 Å². The zero-order valence-electron chi connectivity index (χ0n) is 10.8. The Balaban J connectivity index is 2.24. The summed E-state index contributed by atoms with van der Waals surface area (Å²) in [6.07, 6.45) is 2.39. The summed E-state index contributed by atoms with van der Waals surface area (Å²) < 4.78 is 13.2. The Labute approximate surface area is 110 Å². The fourth-order valence-electron chi connectivity index (χ4n) is 2.69. The quantitative estimate of drug-likeness (QED) is 0.622. The minimum Gasteiger partial charge on any atom is -0.299 e. The molecule has 0 spiro atoms. The summed E-state index contributed by atoms with van der Waals surface area (Å²) in [6, 6.07) is 3.42. The zero-order chi connectivity index (χ0) is 14.0. The van der Waals surface area contributed by atoms with Gasteiger partial charge in [0.05, 0.1) is 4.92 Å². The molecule has 1 aromatic carbocycles. The molecule has 0 radical (unpaired) electrons. The van der Waals surface area contributed by atoms with Gasteiger partial charge in [0.1, 0.15) is 11.6 Å². The first-order chi connectivity index (χ1) is 8.97. The molecule has 2 unspecified atom stereocenters. The first kappa shape index (κ1) is 13.6. The average molecular weight is 265 g/mol. The second-order valence-corrected chi connectivity index (χ2v) is 5.28. The van der Waals surface area contributed by atoms with E-state index in [0.29, 0.717) is 17.9 Å². The molecule has 0 aliphatic heterocycles. The number of ketones is 1. The lowest BCUT2D eigenvalue weighted by atomic mass is 9.78. The molecular weight excluding hydrogens is 249 g/mol. The Morgan fingerprint density at radius 3 is 2.89 bits per heavy atom. The summed E-state index contributed by atoms with van der Waals surface area (Å²) in [4.78, 5) is 22.2. The van der Waals surface area contributed by atoms with Crippen LogP contribution in [0, 0.1) is 27.8 Å². The highest BCUT2D eigenvalue weighted by molar-refractivity contribution is 5.82. The summed E-state index contributed by atoms with van der Waals surface area (Å²) in [5.74, 6) is -0.145. The van der Waals surface area contributed by atoms with Crippen molar-refractivity contribution in [2.45, 2.75) is 32.6 Å². The Morgan fingerprint density at radius 2 is 2.21 bits per heavy atom. The molecule has 1 aliphatic rings. The van der Waals surface area contributed by atoms with Crippen molar-refractivity contribution in [2.75, 3.05) is 0 Å². The molecule has 102 valence electrons. The summed E-state index contributed by atoms with van der Waals surface area (Å²) >= 11 is 0. The van der Waals surface area contributed by atoms with Crippen LogP contribution in [-0.4, -0.2) is 10.7 Å². The Morgan fingerprint density at radius 1 is 1.47 bits per heavy atom. The van der Waals surface area contributed by atoms with E-state index in [-0.39, 0.29) is 23.8 Å². The van der Waals surface area contributed by atoms with Gasteiger partial charge < -0.3 is 0 Å². The van der Waals surface area contributed by atoms with Gasteiger partial charge in [-0.1, -0.05) is 6.92 Å². The molecule has 19 heavy (non-hydrogen) atoms. The molecule has 1 aliphatic carbocycles. The zero-order valence-corrected chi connectivity index (χ0v) is 10.8. The molecule has 0 amide bonds. The van der Waals surface area contributed by atoms with E-state index in [1.807, 2.05) is 0 Å². The number of carbonyl (C=O) groups excluding carboxylic acids is 1. The van der Waals surface area contributed by atoms with E-state index in [4.69, 9.17) is 0 Å². The van der Waals surface area contributed by atoms with Gasteiger partial charge in [0.2, 0.25) is 0 Å². The van der Waals surface area contributed by atoms with Crippen LogP contribution in [-0.2, 0) is 11.2 Å². The monoisotopic (exact) mass is 265 g/mol. The number of hydrogen-bond donors (Lipinski definition) is 0. The summed E-state index contributed by atoms with van der Waals surface area (Å²) in [5.41, 5.74) is 0.213. The van der Waals surface area contributed by atoms with Gasteiger partial charge in [-0.15, -0.1) is 0 Å². The third-order valence-corrected chi connectivity index (χ3v) is 3.73. The average Bonchev–Trinajstić information content (AvgIpc) is 2.33. The van der Waals surface area contributed by atoms with Crippen LogP contribution < -0.4 is 0 Å². The highest BCUT2D eigenvalue weighted by atomic mass is 19.1. The smallest absolute Gasteiger partial charge is 0.272 e. The second kappa shape index (κ2) is 5.47. The van der Waals surface area contributed by atoms with Crippen molar-refractivity contribution < 1.29 is 14.1 Å². The highest BCUT2D eigenvalue weighted by Crippen LogP contribution is 2.31. The van der Waals surface area contributed by atoms with Crippen molar-refractivity contribution in [3.63, 3.8) is 0 Å². The summed E-state index contributed by atoms with van der Waals surface area (Å²) in [7, 11) is 0. The van der Waals surface area contributed by atoms with E-state index in [1.165, 1.54) is 12.1 Å². The molecule has 1 aromatic rings. The fourth-order valence-corrected chi connectivity index (χ4v) is 2.69. The maximum Gasteiger partial charge on any atom is 0.272 e. The van der Waals surface area contributed by atoms with Crippen LogP contribution in [0.4, 0.5) is 10.1 Å². The molecule has 1 fully saturated rings. The van der Waals surface area contributed by atoms with Crippen molar-refractivity contribution in [3.05, 3.63) is 39.7 Å². The number of nitro benzene ring substituents is 1. The van der Waals surface area contributed by atoms with E-state index in [2.05, 4.69) is 6.92 Å². The Kier molecular flexibility index (Phi) is 3.93. The maximum atomic E-state index is 13.2. The highest BCUT2D eigenvalue weighted by Gasteiger charge is 2.28. The molecule has 0 aromatic heterocycles. The standard InChI is InChI=1S/C14H16FNO3/c1-9-2-5-14(17)11(6-9)7-10-8-12(15)3-4-13(10)16(18)19/h3-4,8-9,11H,2,5-7H2,1H3. The maximum absolute atomic E-state index is 13.2. The van der Waals surface area contributed by atoms with Crippen molar-refractivity contribution in [1.29, 1.82) is 0 Å². The number of nitrogens with zero attached hydrogens (tertiary/aromatic N) is 1. The Hall–Kier alpha value is -1.78. The van der Waals surface area contributed by atoms with Gasteiger partial charge in [-0.05, 0) is 37.3 Å². The van der Waals surface area contributed by atoms with Crippen molar-refractivity contribution in [3.8, 4) is 0 Å². The number of rotatable bonds is 3. The minimum atomic E-state index is -0.522. The summed E-state index contributed by atoms with van der Waals surface area (Å²) in [6.45, 7) is 2.07. The van der Waals surface area contributed by atoms with Gasteiger partial charge in [-0.3, -0.25) is 14.9 Å². The SMILES string of the molecule is CC1CCC(=O)C(Cc2cc(F)ccc2[N+](=O)[O-])C1. The van der Waals surface area contributed by atoms with Crippen molar-refractivity contribution in [2.24, 2.45) is 11.8 Å². The van der Waals surface area contributed by atoms with Crippen molar-refractivity contribution in [1.82, 2.24) is 0 Å². The Bertz CT molecular complexity index is 515. The minimum absolute atomic E-state index is 0.104. The van der Waals surface area contributed by atoms with E-state index >= 15 is 0 Å². The van der Waals surface area contributed by atoms with Gasteiger partial charge in [0, 0.05) is 24.0 Å². The third kappa shape index (κ3) is 3.16. The molecule has 0 bridgehead atoms. The van der Waals surface area contributed by atoms with Gasteiger partial charge >= 0.3 is 0 Å². The van der Waals surface area contributed by atoms with Gasteiger partial charge in [-0.25, -0.2) is 4.39 Å². The van der Waals surface area contributed by atoms with Crippen LogP contribution >= 0.6 is 0 Å². The first-order valence-corrected chi connectivity index (χ1v) is 6.43. The normalized spacial score (nSPS) is 23.4. The third-order valence-electron chi connectivity index (χ3n) is 3.73. The van der Waals surface area contributed by atoms with Crippen LogP contribution in [0.25, 0.3) is 0 Å². The number of nitro groups is 1. The topological polar surface area (TPSA) is 60.2 Å².